The van der Waals surface area contributed by atoms with Gasteiger partial charge in [0.05, 0.1) is 4.92 Å². The van der Waals surface area contributed by atoms with Crippen molar-refractivity contribution >= 4 is 17.3 Å². The van der Waals surface area contributed by atoms with E-state index in [1.54, 1.807) is 12.1 Å². The molecule has 1 aliphatic carbocycles. The van der Waals surface area contributed by atoms with E-state index >= 15 is 0 Å². The monoisotopic (exact) mass is 304 g/mol. The van der Waals surface area contributed by atoms with E-state index in [1.165, 1.54) is 31.4 Å². The number of unbranched alkanes of at least 4 members (excludes halogenated alkanes) is 1. The van der Waals surface area contributed by atoms with Crippen LogP contribution in [-0.2, 0) is 4.79 Å². The van der Waals surface area contributed by atoms with Gasteiger partial charge in [0.1, 0.15) is 0 Å². The fourth-order valence-corrected chi connectivity index (χ4v) is 3.15. The summed E-state index contributed by atoms with van der Waals surface area (Å²) in [4.78, 5) is 22.6. The Kier molecular flexibility index (Phi) is 5.92. The minimum Gasteiger partial charge on any atom is -0.326 e. The van der Waals surface area contributed by atoms with E-state index in [9.17, 15) is 14.9 Å². The largest absolute Gasteiger partial charge is 0.326 e. The Bertz CT molecular complexity index is 522. The molecule has 1 aliphatic rings. The first-order chi connectivity index (χ1) is 10.6. The van der Waals surface area contributed by atoms with E-state index in [0.29, 0.717) is 5.69 Å². The maximum absolute atomic E-state index is 12.3. The smallest absolute Gasteiger partial charge is 0.271 e. The Morgan fingerprint density at radius 1 is 1.32 bits per heavy atom. The molecule has 0 heterocycles. The molecule has 1 N–H and O–H groups in total. The number of nitro benzene ring substituents is 1. The SMILES string of the molecule is CCCCC1CCC(C(=O)Nc2cccc([N+](=O)[O-])c2)CC1. The number of benzene rings is 1. The van der Waals surface area contributed by atoms with Gasteiger partial charge in [-0.05, 0) is 37.7 Å². The van der Waals surface area contributed by atoms with Gasteiger partial charge in [-0.15, -0.1) is 0 Å². The van der Waals surface area contributed by atoms with Gasteiger partial charge in [0.25, 0.3) is 5.69 Å². The predicted octanol–water partition coefficient (Wildman–Crippen LogP) is 4.53. The second-order valence-electron chi connectivity index (χ2n) is 6.16. The van der Waals surface area contributed by atoms with Crippen molar-refractivity contribution in [2.75, 3.05) is 5.32 Å². The first-order valence-corrected chi connectivity index (χ1v) is 8.15. The van der Waals surface area contributed by atoms with Gasteiger partial charge in [0.15, 0.2) is 0 Å². The van der Waals surface area contributed by atoms with E-state index in [2.05, 4.69) is 12.2 Å². The number of hydrogen-bond donors (Lipinski definition) is 1. The summed E-state index contributed by atoms with van der Waals surface area (Å²) >= 11 is 0. The Hall–Kier alpha value is -1.91. The Labute approximate surface area is 131 Å². The van der Waals surface area contributed by atoms with Crippen molar-refractivity contribution in [3.8, 4) is 0 Å². The molecule has 1 saturated carbocycles. The van der Waals surface area contributed by atoms with Gasteiger partial charge >= 0.3 is 0 Å². The third-order valence-corrected chi connectivity index (χ3v) is 4.51. The lowest BCUT2D eigenvalue weighted by molar-refractivity contribution is -0.384. The molecule has 2 rings (SSSR count). The van der Waals surface area contributed by atoms with Crippen molar-refractivity contribution < 1.29 is 9.72 Å². The van der Waals surface area contributed by atoms with Crippen LogP contribution in [0.15, 0.2) is 24.3 Å². The minimum absolute atomic E-state index is 0.000994. The first-order valence-electron chi connectivity index (χ1n) is 8.15. The Balaban J connectivity index is 1.85. The first kappa shape index (κ1) is 16.5. The topological polar surface area (TPSA) is 72.2 Å². The predicted molar refractivity (Wildman–Crippen MR) is 86.7 cm³/mol. The number of hydrogen-bond acceptors (Lipinski definition) is 3. The second-order valence-corrected chi connectivity index (χ2v) is 6.16. The van der Waals surface area contributed by atoms with Crippen LogP contribution in [0.1, 0.15) is 51.9 Å². The van der Waals surface area contributed by atoms with Crippen LogP contribution in [-0.4, -0.2) is 10.8 Å². The van der Waals surface area contributed by atoms with Gasteiger partial charge in [-0.1, -0.05) is 32.3 Å². The summed E-state index contributed by atoms with van der Waals surface area (Å²) in [6, 6.07) is 6.12. The van der Waals surface area contributed by atoms with Crippen LogP contribution in [0.5, 0.6) is 0 Å². The maximum atomic E-state index is 12.3. The van der Waals surface area contributed by atoms with E-state index < -0.39 is 4.92 Å². The highest BCUT2D eigenvalue weighted by atomic mass is 16.6. The maximum Gasteiger partial charge on any atom is 0.271 e. The molecule has 1 fully saturated rings. The second kappa shape index (κ2) is 7.92. The summed E-state index contributed by atoms with van der Waals surface area (Å²) in [5, 5.41) is 13.6. The van der Waals surface area contributed by atoms with E-state index in [1.807, 2.05) is 0 Å². The molecule has 0 aromatic heterocycles. The molecule has 5 heteroatoms. The lowest BCUT2D eigenvalue weighted by atomic mass is 9.79. The average molecular weight is 304 g/mol. The molecular formula is C17H24N2O3. The normalized spacial score (nSPS) is 21.3. The van der Waals surface area contributed by atoms with Crippen molar-refractivity contribution in [1.29, 1.82) is 0 Å². The van der Waals surface area contributed by atoms with Gasteiger partial charge < -0.3 is 5.32 Å². The summed E-state index contributed by atoms with van der Waals surface area (Å²) in [6.07, 6.45) is 7.86. The Morgan fingerprint density at radius 2 is 2.05 bits per heavy atom. The van der Waals surface area contributed by atoms with Crippen LogP contribution in [0.25, 0.3) is 0 Å². The highest BCUT2D eigenvalue weighted by molar-refractivity contribution is 5.92. The van der Waals surface area contributed by atoms with Crippen molar-refractivity contribution in [1.82, 2.24) is 0 Å². The molecular weight excluding hydrogens is 280 g/mol. The van der Waals surface area contributed by atoms with Crippen LogP contribution < -0.4 is 5.32 Å². The van der Waals surface area contributed by atoms with E-state index in [0.717, 1.165) is 31.6 Å². The molecule has 1 aromatic carbocycles. The van der Waals surface area contributed by atoms with E-state index in [-0.39, 0.29) is 17.5 Å². The molecule has 0 unspecified atom stereocenters. The zero-order valence-corrected chi connectivity index (χ0v) is 13.1. The molecule has 1 amide bonds. The van der Waals surface area contributed by atoms with Crippen LogP contribution in [0.3, 0.4) is 0 Å². The van der Waals surface area contributed by atoms with Gasteiger partial charge in [-0.25, -0.2) is 0 Å². The highest BCUT2D eigenvalue weighted by Crippen LogP contribution is 2.32. The number of nitrogens with one attached hydrogen (secondary N) is 1. The molecule has 0 saturated heterocycles. The van der Waals surface area contributed by atoms with Crippen LogP contribution in [0.4, 0.5) is 11.4 Å². The molecule has 0 spiro atoms. The molecule has 0 bridgehead atoms. The van der Waals surface area contributed by atoms with Crippen LogP contribution >= 0.6 is 0 Å². The van der Waals surface area contributed by atoms with Crippen molar-refractivity contribution in [2.24, 2.45) is 11.8 Å². The van der Waals surface area contributed by atoms with Crippen LogP contribution in [0, 0.1) is 22.0 Å². The third-order valence-electron chi connectivity index (χ3n) is 4.51. The molecule has 120 valence electrons. The molecule has 0 atom stereocenters. The average Bonchev–Trinajstić information content (AvgIpc) is 2.53. The zero-order chi connectivity index (χ0) is 15.9. The van der Waals surface area contributed by atoms with Crippen molar-refractivity contribution in [3.63, 3.8) is 0 Å². The number of carbonyl (C=O) groups is 1. The number of nitrogens with zero attached hydrogens (tertiary/aromatic N) is 1. The van der Waals surface area contributed by atoms with Gasteiger partial charge in [-0.2, -0.15) is 0 Å². The lowest BCUT2D eigenvalue weighted by Gasteiger charge is -2.27. The van der Waals surface area contributed by atoms with Crippen molar-refractivity contribution in [2.45, 2.75) is 51.9 Å². The quantitative estimate of drug-likeness (QED) is 0.620. The molecule has 5 nitrogen and oxygen atoms in total. The summed E-state index contributed by atoms with van der Waals surface area (Å²) in [5.41, 5.74) is 0.508. The number of nitro groups is 1. The lowest BCUT2D eigenvalue weighted by Crippen LogP contribution is -2.27. The number of carbonyl (C=O) groups excluding carboxylic acids is 1. The van der Waals surface area contributed by atoms with Gasteiger partial charge in [-0.3, -0.25) is 14.9 Å². The molecule has 1 aromatic rings. The highest BCUT2D eigenvalue weighted by Gasteiger charge is 2.26. The summed E-state index contributed by atoms with van der Waals surface area (Å²) < 4.78 is 0. The molecule has 0 radical (unpaired) electrons. The fraction of sp³-hybridized carbons (Fsp3) is 0.588. The number of amides is 1. The Morgan fingerprint density at radius 3 is 2.68 bits per heavy atom. The third kappa shape index (κ3) is 4.55. The minimum atomic E-state index is -0.450. The van der Waals surface area contributed by atoms with Crippen molar-refractivity contribution in [3.05, 3.63) is 34.4 Å². The van der Waals surface area contributed by atoms with E-state index in [4.69, 9.17) is 0 Å². The zero-order valence-electron chi connectivity index (χ0n) is 13.1. The number of non-ortho nitro benzene ring substituents is 1. The standard InChI is InChI=1S/C17H24N2O3/c1-2-3-5-13-8-10-14(11-9-13)17(20)18-15-6-4-7-16(12-15)19(21)22/h4,6-7,12-14H,2-3,5,8-11H2,1H3,(H,18,20). The molecule has 0 aliphatic heterocycles. The summed E-state index contributed by atoms with van der Waals surface area (Å²) in [5.74, 6) is 0.799. The fourth-order valence-electron chi connectivity index (χ4n) is 3.15. The summed E-state index contributed by atoms with van der Waals surface area (Å²) in [7, 11) is 0. The summed E-state index contributed by atoms with van der Waals surface area (Å²) in [6.45, 7) is 2.21. The number of rotatable bonds is 6. The van der Waals surface area contributed by atoms with Gasteiger partial charge in [0, 0.05) is 23.7 Å². The van der Waals surface area contributed by atoms with Gasteiger partial charge in [0.2, 0.25) is 5.91 Å². The number of anilines is 1. The molecule has 22 heavy (non-hydrogen) atoms. The van der Waals surface area contributed by atoms with Crippen LogP contribution in [0.2, 0.25) is 0 Å².